The highest BCUT2D eigenvalue weighted by atomic mass is 35.5. The van der Waals surface area contributed by atoms with Crippen molar-refractivity contribution < 1.29 is 14.3 Å². The molecule has 1 saturated carbocycles. The van der Waals surface area contributed by atoms with Crippen LogP contribution in [0.1, 0.15) is 42.4 Å². The molecule has 0 spiro atoms. The Morgan fingerprint density at radius 1 is 1.00 bits per heavy atom. The van der Waals surface area contributed by atoms with Crippen molar-refractivity contribution in [3.05, 3.63) is 58.1 Å². The first-order valence-corrected chi connectivity index (χ1v) is 10.5. The number of ketones is 2. The van der Waals surface area contributed by atoms with Gasteiger partial charge in [-0.1, -0.05) is 36.7 Å². The minimum Gasteiger partial charge on any atom is -0.373 e. The minimum atomic E-state index is -0.635. The Labute approximate surface area is 170 Å². The third-order valence-electron chi connectivity index (χ3n) is 6.84. The molecule has 1 aliphatic carbocycles. The van der Waals surface area contributed by atoms with Gasteiger partial charge in [0.15, 0.2) is 11.6 Å². The number of carbonyl (C=O) groups is 2. The molecule has 3 aliphatic rings. The Morgan fingerprint density at radius 3 is 2.29 bits per heavy atom. The van der Waals surface area contributed by atoms with E-state index >= 15 is 0 Å². The summed E-state index contributed by atoms with van der Waals surface area (Å²) in [6.07, 6.45) is 2.50. The molecule has 2 aliphatic heterocycles. The zero-order valence-electron chi connectivity index (χ0n) is 16.1. The largest absolute Gasteiger partial charge is 0.373 e. The highest BCUT2D eigenvalue weighted by Gasteiger charge is 2.63. The summed E-state index contributed by atoms with van der Waals surface area (Å²) in [5, 5.41) is 0.705. The predicted octanol–water partition coefficient (Wildman–Crippen LogP) is 4.91. The van der Waals surface area contributed by atoms with Crippen molar-refractivity contribution in [1.29, 1.82) is 0 Å². The molecule has 28 heavy (non-hydrogen) atoms. The third-order valence-corrected chi connectivity index (χ3v) is 7.07. The monoisotopic (exact) mass is 394 g/mol. The second kappa shape index (κ2) is 6.53. The molecule has 5 rings (SSSR count). The predicted molar refractivity (Wildman–Crippen MR) is 109 cm³/mol. The normalized spacial score (nSPS) is 30.9. The third kappa shape index (κ3) is 2.53. The first-order chi connectivity index (χ1) is 13.5. The average molecular weight is 395 g/mol. The van der Waals surface area contributed by atoms with E-state index in [0.717, 1.165) is 47.1 Å². The summed E-state index contributed by atoms with van der Waals surface area (Å²) in [5.41, 5.74) is 5.15. The summed E-state index contributed by atoms with van der Waals surface area (Å²) in [6, 6.07) is 12.0. The molecular weight excluding hydrogens is 372 g/mol. The smallest absolute Gasteiger partial charge is 0.154 e. The van der Waals surface area contributed by atoms with E-state index in [0.29, 0.717) is 5.02 Å². The summed E-state index contributed by atoms with van der Waals surface area (Å²) in [4.78, 5) is 26.6. The fourth-order valence-electron chi connectivity index (χ4n) is 5.54. The standard InChI is InChI=1S/C24H23ClO3/c1-3-13-4-5-14(16-7-6-15(25)10-12(16)2)11-17(13)20-23(26)21-18-8-9-19(28-18)22(21)24(20)27/h4-7,10-11,18-22H,3,8-9H2,1-2H3/t18-,19+,20?,21-,22+. The molecule has 2 bridgehead atoms. The zero-order valence-corrected chi connectivity index (χ0v) is 16.8. The van der Waals surface area contributed by atoms with Gasteiger partial charge in [0.25, 0.3) is 0 Å². The molecule has 3 fully saturated rings. The molecule has 5 atom stereocenters. The molecule has 2 heterocycles. The molecule has 0 radical (unpaired) electrons. The Morgan fingerprint density at radius 2 is 1.68 bits per heavy atom. The van der Waals surface area contributed by atoms with Gasteiger partial charge in [0.1, 0.15) is 5.92 Å². The number of Topliss-reactive ketones (excluding diaryl/α,β-unsaturated/α-hetero) is 2. The first kappa shape index (κ1) is 18.1. The Bertz CT molecular complexity index is 967. The molecule has 0 amide bonds. The second-order valence-corrected chi connectivity index (χ2v) is 8.74. The van der Waals surface area contributed by atoms with Gasteiger partial charge in [-0.15, -0.1) is 0 Å². The number of hydrogen-bond donors (Lipinski definition) is 0. The van der Waals surface area contributed by atoms with Crippen molar-refractivity contribution in [2.45, 2.75) is 51.2 Å². The molecule has 0 N–H and O–H groups in total. The Kier molecular flexibility index (Phi) is 4.22. The van der Waals surface area contributed by atoms with Crippen LogP contribution < -0.4 is 0 Å². The maximum Gasteiger partial charge on any atom is 0.154 e. The van der Waals surface area contributed by atoms with Crippen LogP contribution in [0.25, 0.3) is 11.1 Å². The van der Waals surface area contributed by atoms with Crippen LogP contribution in [0, 0.1) is 18.8 Å². The van der Waals surface area contributed by atoms with Crippen LogP contribution in [0.2, 0.25) is 5.02 Å². The van der Waals surface area contributed by atoms with Crippen LogP contribution in [-0.2, 0) is 20.7 Å². The van der Waals surface area contributed by atoms with Crippen molar-refractivity contribution in [3.63, 3.8) is 0 Å². The fraction of sp³-hybridized carbons (Fsp3) is 0.417. The van der Waals surface area contributed by atoms with Gasteiger partial charge in [-0.05, 0) is 72.2 Å². The van der Waals surface area contributed by atoms with Gasteiger partial charge in [-0.2, -0.15) is 0 Å². The van der Waals surface area contributed by atoms with Crippen LogP contribution in [-0.4, -0.2) is 23.8 Å². The van der Waals surface area contributed by atoms with Gasteiger partial charge in [0.2, 0.25) is 0 Å². The van der Waals surface area contributed by atoms with Gasteiger partial charge in [0.05, 0.1) is 24.0 Å². The number of rotatable bonds is 3. The van der Waals surface area contributed by atoms with Crippen molar-refractivity contribution in [2.24, 2.45) is 11.8 Å². The number of hydrogen-bond acceptors (Lipinski definition) is 3. The molecule has 0 aromatic heterocycles. The number of halogens is 1. The van der Waals surface area contributed by atoms with Crippen LogP contribution >= 0.6 is 11.6 Å². The Hall–Kier alpha value is -1.97. The maximum absolute atomic E-state index is 13.3. The first-order valence-electron chi connectivity index (χ1n) is 10.1. The SMILES string of the molecule is CCc1ccc(-c2ccc(Cl)cc2C)cc1C1C(=O)[C@@H]2[C@H](C1=O)[C@H]1CC[C@@H]2O1. The molecule has 2 aromatic rings. The lowest BCUT2D eigenvalue weighted by atomic mass is 9.81. The lowest BCUT2D eigenvalue weighted by Crippen LogP contribution is -2.29. The highest BCUT2D eigenvalue weighted by Crippen LogP contribution is 2.52. The lowest BCUT2D eigenvalue weighted by molar-refractivity contribution is -0.127. The van der Waals surface area contributed by atoms with Crippen molar-refractivity contribution in [3.8, 4) is 11.1 Å². The van der Waals surface area contributed by atoms with Crippen molar-refractivity contribution in [2.75, 3.05) is 0 Å². The van der Waals surface area contributed by atoms with Gasteiger partial charge in [-0.3, -0.25) is 9.59 Å². The average Bonchev–Trinajstić information content (AvgIpc) is 3.35. The van der Waals surface area contributed by atoms with Crippen molar-refractivity contribution in [1.82, 2.24) is 0 Å². The summed E-state index contributed by atoms with van der Waals surface area (Å²) in [5.74, 6) is -0.961. The van der Waals surface area contributed by atoms with E-state index in [9.17, 15) is 9.59 Å². The zero-order chi connectivity index (χ0) is 19.6. The van der Waals surface area contributed by atoms with Gasteiger partial charge < -0.3 is 4.74 Å². The van der Waals surface area contributed by atoms with E-state index in [1.807, 2.05) is 25.1 Å². The van der Waals surface area contributed by atoms with Gasteiger partial charge in [0, 0.05) is 5.02 Å². The van der Waals surface area contributed by atoms with E-state index in [1.54, 1.807) is 0 Å². The molecule has 1 unspecified atom stereocenters. The van der Waals surface area contributed by atoms with E-state index in [-0.39, 0.29) is 35.6 Å². The number of benzene rings is 2. The molecule has 2 saturated heterocycles. The molecule has 3 nitrogen and oxygen atoms in total. The minimum absolute atomic E-state index is 0.0526. The molecule has 144 valence electrons. The van der Waals surface area contributed by atoms with Crippen molar-refractivity contribution >= 4 is 23.2 Å². The van der Waals surface area contributed by atoms with E-state index in [4.69, 9.17) is 16.3 Å². The van der Waals surface area contributed by atoms with E-state index in [1.165, 1.54) is 0 Å². The maximum atomic E-state index is 13.3. The molecule has 4 heteroatoms. The van der Waals surface area contributed by atoms with E-state index in [2.05, 4.69) is 25.1 Å². The summed E-state index contributed by atoms with van der Waals surface area (Å²) in [6.45, 7) is 4.10. The number of carbonyl (C=O) groups excluding carboxylic acids is 2. The second-order valence-electron chi connectivity index (χ2n) is 8.31. The van der Waals surface area contributed by atoms with Crippen LogP contribution in [0.4, 0.5) is 0 Å². The van der Waals surface area contributed by atoms with Crippen LogP contribution in [0.15, 0.2) is 36.4 Å². The Balaban J connectivity index is 1.60. The topological polar surface area (TPSA) is 43.4 Å². The highest BCUT2D eigenvalue weighted by molar-refractivity contribution is 6.30. The summed E-state index contributed by atoms with van der Waals surface area (Å²) < 4.78 is 5.89. The summed E-state index contributed by atoms with van der Waals surface area (Å²) >= 11 is 6.11. The lowest BCUT2D eigenvalue weighted by Gasteiger charge is -2.18. The molecule has 2 aromatic carbocycles. The number of aryl methyl sites for hydroxylation is 2. The van der Waals surface area contributed by atoms with Gasteiger partial charge in [-0.25, -0.2) is 0 Å². The van der Waals surface area contributed by atoms with Crippen LogP contribution in [0.5, 0.6) is 0 Å². The fourth-order valence-corrected chi connectivity index (χ4v) is 5.76. The quantitative estimate of drug-likeness (QED) is 0.695. The molecular formula is C24H23ClO3. The summed E-state index contributed by atoms with van der Waals surface area (Å²) in [7, 11) is 0. The number of fused-ring (bicyclic) bond motifs is 5. The number of ether oxygens (including phenoxy) is 1. The van der Waals surface area contributed by atoms with Crippen LogP contribution in [0.3, 0.4) is 0 Å². The van der Waals surface area contributed by atoms with E-state index < -0.39 is 5.92 Å². The van der Waals surface area contributed by atoms with Gasteiger partial charge >= 0.3 is 0 Å².